The van der Waals surface area contributed by atoms with Gasteiger partial charge in [-0.25, -0.2) is 15.0 Å². The molecule has 0 aliphatic carbocycles. The topological polar surface area (TPSA) is 87.8 Å². The van der Waals surface area contributed by atoms with Gasteiger partial charge in [0.15, 0.2) is 0 Å². The van der Waals surface area contributed by atoms with E-state index in [1.54, 1.807) is 12.3 Å². The van der Waals surface area contributed by atoms with Crippen molar-refractivity contribution in [2.75, 3.05) is 27.2 Å². The molecule has 3 rings (SSSR count). The van der Waals surface area contributed by atoms with Crippen LogP contribution in [0.1, 0.15) is 36.2 Å². The second-order valence-corrected chi connectivity index (χ2v) is 8.55. The highest BCUT2D eigenvalue weighted by Crippen LogP contribution is 2.30. The fourth-order valence-electron chi connectivity index (χ4n) is 3.10. The number of aryl methyl sites for hydroxylation is 1. The summed E-state index contributed by atoms with van der Waals surface area (Å²) in [6.45, 7) is 7.23. The van der Waals surface area contributed by atoms with Gasteiger partial charge in [0.1, 0.15) is 27.9 Å². The summed E-state index contributed by atoms with van der Waals surface area (Å²) in [5.41, 5.74) is 4.54. The lowest BCUT2D eigenvalue weighted by Gasteiger charge is -2.11. The molecule has 0 N–H and O–H groups in total. The SMILES string of the molecule is CC=C(C=C(C)CN(C)C)COc1nccc(C(C#N)c2nc3ccc(C)nc3s2)n1. The van der Waals surface area contributed by atoms with E-state index in [9.17, 15) is 5.26 Å². The third-order valence-electron chi connectivity index (χ3n) is 4.47. The van der Waals surface area contributed by atoms with E-state index in [1.807, 2.05) is 46.2 Å². The molecule has 0 aromatic carbocycles. The average molecular weight is 435 g/mol. The number of hydrogen-bond acceptors (Lipinski definition) is 8. The van der Waals surface area contributed by atoms with Gasteiger partial charge in [-0.1, -0.05) is 29.1 Å². The second-order valence-electron chi connectivity index (χ2n) is 7.54. The van der Waals surface area contributed by atoms with Gasteiger partial charge in [0.25, 0.3) is 0 Å². The number of nitrogens with zero attached hydrogens (tertiary/aromatic N) is 6. The highest BCUT2D eigenvalue weighted by Gasteiger charge is 2.21. The molecule has 0 spiro atoms. The zero-order valence-corrected chi connectivity index (χ0v) is 19.3. The minimum absolute atomic E-state index is 0.242. The van der Waals surface area contributed by atoms with Crippen molar-refractivity contribution >= 4 is 21.7 Å². The van der Waals surface area contributed by atoms with Crippen molar-refractivity contribution in [3.63, 3.8) is 0 Å². The quantitative estimate of drug-likeness (QED) is 0.489. The van der Waals surface area contributed by atoms with E-state index >= 15 is 0 Å². The summed E-state index contributed by atoms with van der Waals surface area (Å²) in [5, 5.41) is 10.5. The Balaban J connectivity index is 1.77. The van der Waals surface area contributed by atoms with Crippen LogP contribution < -0.4 is 4.74 Å². The number of hydrogen-bond donors (Lipinski definition) is 0. The molecule has 31 heavy (non-hydrogen) atoms. The van der Waals surface area contributed by atoms with E-state index in [1.165, 1.54) is 16.9 Å². The van der Waals surface area contributed by atoms with Crippen molar-refractivity contribution in [1.29, 1.82) is 5.26 Å². The zero-order valence-electron chi connectivity index (χ0n) is 18.5. The summed E-state index contributed by atoms with van der Waals surface area (Å²) in [7, 11) is 4.08. The maximum atomic E-state index is 9.80. The van der Waals surface area contributed by atoms with Gasteiger partial charge in [-0.05, 0) is 58.6 Å². The van der Waals surface area contributed by atoms with Gasteiger partial charge in [0.2, 0.25) is 0 Å². The molecule has 0 saturated carbocycles. The minimum atomic E-state index is -0.603. The standard InChI is InChI=1S/C23H26N6OS/c1-6-17(11-15(2)13-29(4)5)14-30-23-25-10-9-19(28-23)18(12-24)21-27-20-8-7-16(3)26-22(20)31-21/h6-11,18H,13-14H2,1-5H3. The van der Waals surface area contributed by atoms with Crippen LogP contribution in [-0.4, -0.2) is 52.1 Å². The van der Waals surface area contributed by atoms with Gasteiger partial charge >= 0.3 is 6.01 Å². The summed E-state index contributed by atoms with van der Waals surface area (Å²) in [4.78, 5) is 20.7. The molecule has 7 nitrogen and oxygen atoms in total. The van der Waals surface area contributed by atoms with E-state index in [2.05, 4.69) is 43.9 Å². The maximum absolute atomic E-state index is 9.80. The Morgan fingerprint density at radius 3 is 2.77 bits per heavy atom. The first-order chi connectivity index (χ1) is 14.9. The van der Waals surface area contributed by atoms with Crippen molar-refractivity contribution in [2.24, 2.45) is 0 Å². The normalized spacial score (nSPS) is 13.5. The van der Waals surface area contributed by atoms with Crippen LogP contribution >= 0.6 is 11.3 Å². The molecule has 8 heteroatoms. The molecule has 160 valence electrons. The molecule has 0 amide bonds. The largest absolute Gasteiger partial charge is 0.459 e. The minimum Gasteiger partial charge on any atom is -0.459 e. The summed E-state index contributed by atoms with van der Waals surface area (Å²) < 4.78 is 5.82. The number of likely N-dealkylation sites (N-methyl/N-ethyl adjacent to an activating group) is 1. The summed E-state index contributed by atoms with van der Waals surface area (Å²) in [6.07, 6.45) is 5.73. The van der Waals surface area contributed by atoms with Gasteiger partial charge in [-0.2, -0.15) is 10.2 Å². The molecule has 1 unspecified atom stereocenters. The van der Waals surface area contributed by atoms with Crippen LogP contribution in [-0.2, 0) is 0 Å². The number of allylic oxidation sites excluding steroid dienone is 1. The highest BCUT2D eigenvalue weighted by molar-refractivity contribution is 7.18. The van der Waals surface area contributed by atoms with Crippen LogP contribution in [0, 0.1) is 18.3 Å². The van der Waals surface area contributed by atoms with Crippen molar-refractivity contribution in [2.45, 2.75) is 26.7 Å². The van der Waals surface area contributed by atoms with Crippen LogP contribution in [0.25, 0.3) is 10.3 Å². The predicted octanol–water partition coefficient (Wildman–Crippen LogP) is 4.28. The third-order valence-corrected chi connectivity index (χ3v) is 5.50. The molecule has 0 aliphatic heterocycles. The van der Waals surface area contributed by atoms with Gasteiger partial charge in [0.05, 0.1) is 11.8 Å². The molecule has 0 aliphatic rings. The summed E-state index contributed by atoms with van der Waals surface area (Å²) >= 11 is 1.41. The van der Waals surface area contributed by atoms with Gasteiger partial charge in [0, 0.05) is 18.4 Å². The molecule has 1 atom stereocenters. The van der Waals surface area contributed by atoms with Crippen LogP contribution in [0.3, 0.4) is 0 Å². The number of rotatable bonds is 8. The molecule has 0 fully saturated rings. The molecule has 3 heterocycles. The predicted molar refractivity (Wildman–Crippen MR) is 123 cm³/mol. The lowest BCUT2D eigenvalue weighted by molar-refractivity contribution is 0.324. The molecule has 0 saturated heterocycles. The van der Waals surface area contributed by atoms with E-state index < -0.39 is 5.92 Å². The Kier molecular flexibility index (Phi) is 7.45. The van der Waals surface area contributed by atoms with Crippen molar-refractivity contribution < 1.29 is 4.74 Å². The van der Waals surface area contributed by atoms with Gasteiger partial charge < -0.3 is 9.64 Å². The molecule has 3 aromatic heterocycles. The van der Waals surface area contributed by atoms with Crippen molar-refractivity contribution in [3.8, 4) is 12.1 Å². The van der Waals surface area contributed by atoms with Crippen LogP contribution in [0.2, 0.25) is 0 Å². The number of fused-ring (bicyclic) bond motifs is 1. The lowest BCUT2D eigenvalue weighted by atomic mass is 10.1. The smallest absolute Gasteiger partial charge is 0.316 e. The summed E-state index contributed by atoms with van der Waals surface area (Å²) in [5.74, 6) is -0.603. The first-order valence-corrected chi connectivity index (χ1v) is 10.8. The van der Waals surface area contributed by atoms with Crippen LogP contribution in [0.15, 0.2) is 47.7 Å². The fraction of sp³-hybridized carbons (Fsp3) is 0.348. The number of aromatic nitrogens is 4. The Labute approximate surface area is 186 Å². The zero-order chi connectivity index (χ0) is 22.4. The monoisotopic (exact) mass is 434 g/mol. The first-order valence-electron chi connectivity index (χ1n) is 9.96. The van der Waals surface area contributed by atoms with Crippen molar-refractivity contribution in [1.82, 2.24) is 24.8 Å². The van der Waals surface area contributed by atoms with E-state index in [-0.39, 0.29) is 6.01 Å². The Morgan fingerprint density at radius 1 is 1.26 bits per heavy atom. The number of pyridine rings is 1. The third kappa shape index (κ3) is 5.94. The molecule has 3 aromatic rings. The number of thiazole rings is 1. The Morgan fingerprint density at radius 2 is 2.06 bits per heavy atom. The summed E-state index contributed by atoms with van der Waals surface area (Å²) in [6, 6.07) is 8.11. The lowest BCUT2D eigenvalue weighted by Crippen LogP contribution is -2.14. The van der Waals surface area contributed by atoms with Crippen molar-refractivity contribution in [3.05, 3.63) is 64.1 Å². The molecular weight excluding hydrogens is 408 g/mol. The Hall–Kier alpha value is -3.15. The van der Waals surface area contributed by atoms with Gasteiger partial charge in [-0.3, -0.25) is 0 Å². The fourth-order valence-corrected chi connectivity index (χ4v) is 4.14. The van der Waals surface area contributed by atoms with Crippen LogP contribution in [0.4, 0.5) is 0 Å². The molecular formula is C23H26N6OS. The maximum Gasteiger partial charge on any atom is 0.316 e. The first kappa shape index (κ1) is 22.5. The number of ether oxygens (including phenoxy) is 1. The molecule has 0 radical (unpaired) electrons. The van der Waals surface area contributed by atoms with Crippen LogP contribution in [0.5, 0.6) is 6.01 Å². The van der Waals surface area contributed by atoms with E-state index in [4.69, 9.17) is 4.74 Å². The molecule has 0 bridgehead atoms. The van der Waals surface area contributed by atoms with E-state index in [0.29, 0.717) is 17.3 Å². The average Bonchev–Trinajstić information content (AvgIpc) is 3.14. The number of nitriles is 1. The second kappa shape index (κ2) is 10.2. The Bertz CT molecular complexity index is 1160. The highest BCUT2D eigenvalue weighted by atomic mass is 32.1. The van der Waals surface area contributed by atoms with Gasteiger partial charge in [-0.15, -0.1) is 0 Å². The van der Waals surface area contributed by atoms with E-state index in [0.717, 1.165) is 28.2 Å².